The zero-order valence-corrected chi connectivity index (χ0v) is 13.5. The molecule has 2 rings (SSSR count). The van der Waals surface area contributed by atoms with E-state index in [4.69, 9.17) is 10.00 Å². The number of nitrogens with zero attached hydrogens (tertiary/aromatic N) is 1. The molecule has 0 saturated carbocycles. The summed E-state index contributed by atoms with van der Waals surface area (Å²) < 4.78 is 5.01. The summed E-state index contributed by atoms with van der Waals surface area (Å²) in [6.07, 6.45) is 6.35. The van der Waals surface area contributed by atoms with Crippen LogP contribution in [0.25, 0.3) is 0 Å². The van der Waals surface area contributed by atoms with E-state index in [1.807, 2.05) is 24.3 Å². The van der Waals surface area contributed by atoms with Crippen molar-refractivity contribution < 1.29 is 14.3 Å². The monoisotopic (exact) mass is 330 g/mol. The van der Waals surface area contributed by atoms with Crippen LogP contribution in [0, 0.1) is 17.2 Å². The van der Waals surface area contributed by atoms with Gasteiger partial charge in [0.05, 0.1) is 23.9 Å². The quantitative estimate of drug-likeness (QED) is 0.472. The van der Waals surface area contributed by atoms with Crippen LogP contribution < -0.4 is 5.32 Å². The predicted octanol–water partition coefficient (Wildman–Crippen LogP) is 3.14. The van der Waals surface area contributed by atoms with Gasteiger partial charge in [0.25, 0.3) is 5.91 Å². The van der Waals surface area contributed by atoms with Crippen molar-refractivity contribution in [2.45, 2.75) is 24.2 Å². The Morgan fingerprint density at radius 2 is 2.22 bits per heavy atom. The Kier molecular flexibility index (Phi) is 6.70. The number of hydrogen-bond acceptors (Lipinski definition) is 5. The number of carbonyl (C=O) groups is 2. The molecular weight excluding hydrogens is 312 g/mol. The summed E-state index contributed by atoms with van der Waals surface area (Å²) >= 11 is 1.34. The number of allylic oxidation sites excluding steroid dienone is 2. The minimum absolute atomic E-state index is 0.230. The summed E-state index contributed by atoms with van der Waals surface area (Å²) in [5.41, 5.74) is 0.618. The Bertz CT molecular complexity index is 637. The van der Waals surface area contributed by atoms with Gasteiger partial charge in [-0.1, -0.05) is 24.3 Å². The summed E-state index contributed by atoms with van der Waals surface area (Å²) in [6, 6.07) is 9.26. The second kappa shape index (κ2) is 9.01. The largest absolute Gasteiger partial charge is 0.456 e. The summed E-state index contributed by atoms with van der Waals surface area (Å²) in [5.74, 6) is -0.209. The Morgan fingerprint density at radius 3 is 2.96 bits per heavy atom. The Morgan fingerprint density at radius 1 is 1.39 bits per heavy atom. The Hall–Kier alpha value is -2.26. The molecule has 120 valence electrons. The minimum atomic E-state index is -0.384. The minimum Gasteiger partial charge on any atom is -0.456 e. The first-order valence-corrected chi connectivity index (χ1v) is 8.38. The molecule has 0 unspecified atom stereocenters. The molecule has 1 N–H and O–H groups in total. The molecule has 1 aliphatic rings. The second-order valence-electron chi connectivity index (χ2n) is 5.12. The number of ether oxygens (including phenoxy) is 1. The van der Waals surface area contributed by atoms with Crippen molar-refractivity contribution in [3.8, 4) is 6.07 Å². The highest BCUT2D eigenvalue weighted by atomic mass is 32.2. The lowest BCUT2D eigenvalue weighted by Crippen LogP contribution is -2.21. The molecule has 0 spiro atoms. The fourth-order valence-electron chi connectivity index (χ4n) is 2.28. The highest BCUT2D eigenvalue weighted by molar-refractivity contribution is 7.99. The van der Waals surface area contributed by atoms with Gasteiger partial charge < -0.3 is 10.1 Å². The van der Waals surface area contributed by atoms with Crippen LogP contribution in [0.3, 0.4) is 0 Å². The van der Waals surface area contributed by atoms with E-state index in [-0.39, 0.29) is 24.4 Å². The summed E-state index contributed by atoms with van der Waals surface area (Å²) in [4.78, 5) is 24.4. The van der Waals surface area contributed by atoms with Gasteiger partial charge in [-0.3, -0.25) is 9.59 Å². The molecule has 23 heavy (non-hydrogen) atoms. The van der Waals surface area contributed by atoms with Crippen molar-refractivity contribution in [1.82, 2.24) is 0 Å². The molecule has 0 aromatic heterocycles. The van der Waals surface area contributed by atoms with Gasteiger partial charge >= 0.3 is 5.97 Å². The maximum Gasteiger partial charge on any atom is 0.306 e. The summed E-state index contributed by atoms with van der Waals surface area (Å²) in [6.45, 7) is -0.299. The first kappa shape index (κ1) is 17.1. The van der Waals surface area contributed by atoms with Crippen molar-refractivity contribution in [1.29, 1.82) is 5.26 Å². The molecule has 0 heterocycles. The summed E-state index contributed by atoms with van der Waals surface area (Å²) in [5, 5.41) is 11.4. The van der Waals surface area contributed by atoms with E-state index in [0.717, 1.165) is 17.7 Å². The topological polar surface area (TPSA) is 79.2 Å². The van der Waals surface area contributed by atoms with E-state index in [1.165, 1.54) is 11.8 Å². The van der Waals surface area contributed by atoms with E-state index < -0.39 is 0 Å². The van der Waals surface area contributed by atoms with Gasteiger partial charge in [-0.25, -0.2) is 0 Å². The number of hydrogen-bond donors (Lipinski definition) is 1. The number of benzene rings is 1. The third kappa shape index (κ3) is 5.80. The molecule has 1 aromatic carbocycles. The first-order valence-electron chi connectivity index (χ1n) is 7.40. The van der Waals surface area contributed by atoms with Crippen LogP contribution in [0.15, 0.2) is 41.3 Å². The van der Waals surface area contributed by atoms with Gasteiger partial charge in [0, 0.05) is 4.90 Å². The molecule has 0 bridgehead atoms. The van der Waals surface area contributed by atoms with Gasteiger partial charge in [0.2, 0.25) is 0 Å². The molecule has 5 nitrogen and oxygen atoms in total. The number of anilines is 1. The van der Waals surface area contributed by atoms with Crippen LogP contribution in [-0.4, -0.2) is 24.2 Å². The van der Waals surface area contributed by atoms with Crippen molar-refractivity contribution in [3.63, 3.8) is 0 Å². The number of thioether (sulfide) groups is 1. The van der Waals surface area contributed by atoms with E-state index >= 15 is 0 Å². The van der Waals surface area contributed by atoms with Crippen LogP contribution in [0.5, 0.6) is 0 Å². The van der Waals surface area contributed by atoms with Crippen LogP contribution in [0.4, 0.5) is 5.69 Å². The third-order valence-corrected chi connectivity index (χ3v) is 4.30. The molecule has 0 saturated heterocycles. The SMILES string of the molecule is N#CCSc1ccccc1NC(=O)COC(=O)C[C@H]1C=CCC1. The van der Waals surface area contributed by atoms with E-state index in [2.05, 4.69) is 11.4 Å². The number of rotatable bonds is 7. The average Bonchev–Trinajstić information content (AvgIpc) is 3.05. The zero-order chi connectivity index (χ0) is 16.5. The molecule has 1 aliphatic carbocycles. The molecule has 6 heteroatoms. The molecular formula is C17H18N2O3S. The number of amides is 1. The van der Waals surface area contributed by atoms with Gasteiger partial charge in [0.15, 0.2) is 6.61 Å². The smallest absolute Gasteiger partial charge is 0.306 e. The third-order valence-electron chi connectivity index (χ3n) is 3.36. The predicted molar refractivity (Wildman–Crippen MR) is 88.8 cm³/mol. The number of carbonyl (C=O) groups excluding carboxylic acids is 2. The van der Waals surface area contributed by atoms with Crippen LogP contribution in [-0.2, 0) is 14.3 Å². The highest BCUT2D eigenvalue weighted by Crippen LogP contribution is 2.26. The van der Waals surface area contributed by atoms with E-state index in [9.17, 15) is 9.59 Å². The summed E-state index contributed by atoms with van der Waals surface area (Å²) in [7, 11) is 0. The lowest BCUT2D eigenvalue weighted by molar-refractivity contribution is -0.147. The molecule has 1 atom stereocenters. The van der Waals surface area contributed by atoms with E-state index in [1.54, 1.807) is 12.1 Å². The number of nitriles is 1. The normalized spacial score (nSPS) is 15.9. The molecule has 1 aromatic rings. The lowest BCUT2D eigenvalue weighted by atomic mass is 10.1. The lowest BCUT2D eigenvalue weighted by Gasteiger charge is -2.11. The fraction of sp³-hybridized carbons (Fsp3) is 0.353. The number of nitrogens with one attached hydrogen (secondary N) is 1. The van der Waals surface area contributed by atoms with Gasteiger partial charge in [0.1, 0.15) is 0 Å². The van der Waals surface area contributed by atoms with Crippen molar-refractivity contribution in [2.24, 2.45) is 5.92 Å². The number of para-hydroxylation sites is 1. The molecule has 0 aliphatic heterocycles. The highest BCUT2D eigenvalue weighted by Gasteiger charge is 2.16. The molecule has 0 radical (unpaired) electrons. The average molecular weight is 330 g/mol. The van der Waals surface area contributed by atoms with Gasteiger partial charge in [-0.15, -0.1) is 11.8 Å². The van der Waals surface area contributed by atoms with Gasteiger partial charge in [-0.2, -0.15) is 5.26 Å². The van der Waals surface area contributed by atoms with Crippen molar-refractivity contribution in [2.75, 3.05) is 17.7 Å². The van der Waals surface area contributed by atoms with Crippen LogP contribution >= 0.6 is 11.8 Å². The van der Waals surface area contributed by atoms with Gasteiger partial charge in [-0.05, 0) is 30.9 Å². The first-order chi connectivity index (χ1) is 11.2. The standard InChI is InChI=1S/C17H18N2O3S/c18-9-10-23-15-8-4-3-7-14(15)19-16(20)12-22-17(21)11-13-5-1-2-6-13/h1,3-5,7-8,13H,2,6,10-12H2,(H,19,20)/t13-/m0/s1. The maximum atomic E-state index is 11.9. The fourth-order valence-corrected chi connectivity index (χ4v) is 2.95. The Balaban J connectivity index is 1.79. The Labute approximate surface area is 139 Å². The van der Waals surface area contributed by atoms with Crippen LogP contribution in [0.1, 0.15) is 19.3 Å². The maximum absolute atomic E-state index is 11.9. The van der Waals surface area contributed by atoms with Crippen LogP contribution in [0.2, 0.25) is 0 Å². The number of esters is 1. The molecule has 0 fully saturated rings. The second-order valence-corrected chi connectivity index (χ2v) is 6.14. The van der Waals surface area contributed by atoms with Crippen molar-refractivity contribution in [3.05, 3.63) is 36.4 Å². The zero-order valence-electron chi connectivity index (χ0n) is 12.7. The van der Waals surface area contributed by atoms with Crippen molar-refractivity contribution >= 4 is 29.3 Å². The molecule has 1 amide bonds. The van der Waals surface area contributed by atoms with E-state index in [0.29, 0.717) is 17.9 Å².